The van der Waals surface area contributed by atoms with Crippen LogP contribution in [0.4, 0.5) is 0 Å². The van der Waals surface area contributed by atoms with Gasteiger partial charge in [0.2, 0.25) is 0 Å². The van der Waals surface area contributed by atoms with Crippen molar-refractivity contribution in [3.8, 4) is 0 Å². The van der Waals surface area contributed by atoms with Gasteiger partial charge in [0, 0.05) is 6.54 Å². The van der Waals surface area contributed by atoms with E-state index in [1.807, 2.05) is 20.2 Å². The van der Waals surface area contributed by atoms with E-state index in [1.165, 1.54) is 24.0 Å². The predicted octanol–water partition coefficient (Wildman–Crippen LogP) is 2.72. The number of aliphatic carboxylic acids is 1. The van der Waals surface area contributed by atoms with E-state index in [0.29, 0.717) is 5.92 Å². The van der Waals surface area contributed by atoms with Crippen LogP contribution in [0.25, 0.3) is 0 Å². The zero-order valence-electron chi connectivity index (χ0n) is 11.1. The number of benzene rings is 1. The van der Waals surface area contributed by atoms with E-state index in [-0.39, 0.29) is 12.3 Å². The number of carboxylic acids is 1. The van der Waals surface area contributed by atoms with Gasteiger partial charge in [-0.25, -0.2) is 0 Å². The molecule has 1 aliphatic carbocycles. The van der Waals surface area contributed by atoms with Crippen LogP contribution >= 0.6 is 0 Å². The maximum Gasteiger partial charge on any atom is 0.303 e. The van der Waals surface area contributed by atoms with Crippen LogP contribution in [0.5, 0.6) is 0 Å². The van der Waals surface area contributed by atoms with Crippen molar-refractivity contribution < 1.29 is 9.90 Å². The lowest BCUT2D eigenvalue weighted by molar-refractivity contribution is -0.137. The van der Waals surface area contributed by atoms with Gasteiger partial charge in [-0.05, 0) is 49.9 Å². The summed E-state index contributed by atoms with van der Waals surface area (Å²) in [4.78, 5) is 13.1. The average molecular weight is 247 g/mol. The molecule has 0 aliphatic heterocycles. The van der Waals surface area contributed by atoms with Gasteiger partial charge in [-0.2, -0.15) is 0 Å². The maximum absolute atomic E-state index is 11.0. The Hall–Kier alpha value is -1.35. The van der Waals surface area contributed by atoms with Crippen molar-refractivity contribution >= 4 is 5.97 Å². The van der Waals surface area contributed by atoms with Gasteiger partial charge in [-0.1, -0.05) is 24.3 Å². The van der Waals surface area contributed by atoms with E-state index < -0.39 is 5.97 Å². The van der Waals surface area contributed by atoms with Gasteiger partial charge in [0.05, 0.1) is 6.42 Å². The van der Waals surface area contributed by atoms with Crippen molar-refractivity contribution in [2.45, 2.75) is 31.7 Å². The molecule has 0 saturated heterocycles. The summed E-state index contributed by atoms with van der Waals surface area (Å²) in [6, 6.07) is 8.40. The largest absolute Gasteiger partial charge is 0.481 e. The minimum Gasteiger partial charge on any atom is -0.481 e. The number of hydrogen-bond donors (Lipinski definition) is 1. The number of rotatable bonds is 6. The minimum atomic E-state index is -0.690. The molecular formula is C15H21NO2. The molecule has 0 spiro atoms. The Morgan fingerprint density at radius 2 is 2.17 bits per heavy atom. The molecular weight excluding hydrogens is 226 g/mol. The quantitative estimate of drug-likeness (QED) is 0.840. The number of carboxylic acid groups (broad SMARTS) is 1. The summed E-state index contributed by atoms with van der Waals surface area (Å²) in [6.07, 6.45) is 2.61. The highest BCUT2D eigenvalue weighted by atomic mass is 16.4. The fourth-order valence-corrected chi connectivity index (χ4v) is 2.53. The third-order valence-corrected chi connectivity index (χ3v) is 3.46. The topological polar surface area (TPSA) is 40.5 Å². The van der Waals surface area contributed by atoms with Crippen molar-refractivity contribution in [3.63, 3.8) is 0 Å². The molecule has 1 aromatic rings. The molecule has 3 heteroatoms. The van der Waals surface area contributed by atoms with E-state index in [9.17, 15) is 4.79 Å². The molecule has 0 bridgehead atoms. The van der Waals surface area contributed by atoms with Crippen LogP contribution in [0.15, 0.2) is 24.3 Å². The molecule has 1 atom stereocenters. The highest BCUT2D eigenvalue weighted by Crippen LogP contribution is 2.44. The summed E-state index contributed by atoms with van der Waals surface area (Å²) >= 11 is 0. The lowest BCUT2D eigenvalue weighted by Crippen LogP contribution is -2.12. The molecule has 3 nitrogen and oxygen atoms in total. The highest BCUT2D eigenvalue weighted by molar-refractivity contribution is 5.68. The Morgan fingerprint density at radius 3 is 2.72 bits per heavy atom. The van der Waals surface area contributed by atoms with Gasteiger partial charge in [0.25, 0.3) is 0 Å². The van der Waals surface area contributed by atoms with Crippen LogP contribution in [0.1, 0.15) is 36.3 Å². The van der Waals surface area contributed by atoms with E-state index in [2.05, 4.69) is 23.1 Å². The van der Waals surface area contributed by atoms with Crippen molar-refractivity contribution in [2.24, 2.45) is 5.92 Å². The zero-order chi connectivity index (χ0) is 13.1. The fourth-order valence-electron chi connectivity index (χ4n) is 2.53. The van der Waals surface area contributed by atoms with Gasteiger partial charge >= 0.3 is 5.97 Å². The Balaban J connectivity index is 2.16. The molecule has 1 aromatic carbocycles. The second-order valence-electron chi connectivity index (χ2n) is 5.52. The summed E-state index contributed by atoms with van der Waals surface area (Å²) in [5.41, 5.74) is 2.45. The Kier molecular flexibility index (Phi) is 4.02. The molecule has 0 heterocycles. The second kappa shape index (κ2) is 5.53. The Bertz CT molecular complexity index is 424. The van der Waals surface area contributed by atoms with Crippen LogP contribution in [-0.2, 0) is 11.3 Å². The third-order valence-electron chi connectivity index (χ3n) is 3.46. The van der Waals surface area contributed by atoms with Crippen molar-refractivity contribution in [1.29, 1.82) is 0 Å². The van der Waals surface area contributed by atoms with E-state index in [1.54, 1.807) is 0 Å². The van der Waals surface area contributed by atoms with Gasteiger partial charge < -0.3 is 10.0 Å². The first-order valence-corrected chi connectivity index (χ1v) is 6.51. The minimum absolute atomic E-state index is 0.199. The zero-order valence-corrected chi connectivity index (χ0v) is 11.1. The first-order valence-electron chi connectivity index (χ1n) is 6.51. The van der Waals surface area contributed by atoms with E-state index >= 15 is 0 Å². The maximum atomic E-state index is 11.0. The lowest BCUT2D eigenvalue weighted by atomic mass is 9.90. The molecule has 1 fully saturated rings. The van der Waals surface area contributed by atoms with Crippen LogP contribution in [-0.4, -0.2) is 30.1 Å². The van der Waals surface area contributed by atoms with Gasteiger partial charge in [-0.15, -0.1) is 0 Å². The summed E-state index contributed by atoms with van der Waals surface area (Å²) in [5.74, 6) is 0.0882. The van der Waals surface area contributed by atoms with Crippen LogP contribution in [0.3, 0.4) is 0 Å². The van der Waals surface area contributed by atoms with Crippen LogP contribution < -0.4 is 0 Å². The predicted molar refractivity (Wildman–Crippen MR) is 71.6 cm³/mol. The highest BCUT2D eigenvalue weighted by Gasteiger charge is 2.33. The molecule has 1 saturated carbocycles. The van der Waals surface area contributed by atoms with Crippen molar-refractivity contribution in [1.82, 2.24) is 4.90 Å². The molecule has 98 valence electrons. The van der Waals surface area contributed by atoms with Crippen molar-refractivity contribution in [3.05, 3.63) is 35.4 Å². The lowest BCUT2D eigenvalue weighted by Gasteiger charge is -2.17. The third kappa shape index (κ3) is 3.57. The number of nitrogens with zero attached hydrogens (tertiary/aromatic N) is 1. The van der Waals surface area contributed by atoms with Crippen LogP contribution in [0, 0.1) is 5.92 Å². The monoisotopic (exact) mass is 247 g/mol. The van der Waals surface area contributed by atoms with Crippen molar-refractivity contribution in [2.75, 3.05) is 14.1 Å². The normalized spacial score (nSPS) is 16.8. The number of carbonyl (C=O) groups is 1. The molecule has 1 N–H and O–H groups in total. The Morgan fingerprint density at radius 1 is 1.44 bits per heavy atom. The molecule has 0 amide bonds. The van der Waals surface area contributed by atoms with Gasteiger partial charge in [-0.3, -0.25) is 4.79 Å². The molecule has 0 radical (unpaired) electrons. The fraction of sp³-hybridized carbons (Fsp3) is 0.533. The second-order valence-corrected chi connectivity index (χ2v) is 5.52. The van der Waals surface area contributed by atoms with E-state index in [0.717, 1.165) is 6.54 Å². The summed E-state index contributed by atoms with van der Waals surface area (Å²) in [7, 11) is 4.09. The summed E-state index contributed by atoms with van der Waals surface area (Å²) in [6.45, 7) is 0.901. The van der Waals surface area contributed by atoms with Crippen LogP contribution in [0.2, 0.25) is 0 Å². The molecule has 0 aromatic heterocycles. The molecule has 1 aliphatic rings. The SMILES string of the molecule is CN(C)Cc1cccc(C(CC(=O)O)C2CC2)c1. The smallest absolute Gasteiger partial charge is 0.303 e. The molecule has 18 heavy (non-hydrogen) atoms. The van der Waals surface area contributed by atoms with E-state index in [4.69, 9.17) is 5.11 Å². The molecule has 1 unspecified atom stereocenters. The molecule has 2 rings (SSSR count). The number of hydrogen-bond acceptors (Lipinski definition) is 2. The summed E-state index contributed by atoms with van der Waals surface area (Å²) in [5, 5.41) is 9.03. The van der Waals surface area contributed by atoms with Gasteiger partial charge in [0.15, 0.2) is 0 Å². The standard InChI is InChI=1S/C15H21NO2/c1-16(2)10-11-4-3-5-13(8-11)14(9-15(17)18)12-6-7-12/h3-5,8,12,14H,6-7,9-10H2,1-2H3,(H,17,18). The average Bonchev–Trinajstić information content (AvgIpc) is 3.09. The first kappa shape index (κ1) is 13.1. The summed E-state index contributed by atoms with van der Waals surface area (Å²) < 4.78 is 0. The first-order chi connectivity index (χ1) is 8.56. The Labute approximate surface area is 108 Å². The van der Waals surface area contributed by atoms with Gasteiger partial charge in [0.1, 0.15) is 0 Å².